The molecule has 0 radical (unpaired) electrons. The molecule has 1 aromatic heterocycles. The maximum atomic E-state index is 11.1. The zero-order valence-corrected chi connectivity index (χ0v) is 4.36. The van der Waals surface area contributed by atoms with Gasteiger partial charge in [-0.3, -0.25) is 10.4 Å². The van der Waals surface area contributed by atoms with Gasteiger partial charge in [0.2, 0.25) is 0 Å². The van der Waals surface area contributed by atoms with Crippen LogP contribution in [0.1, 0.15) is 6.85 Å². The average Bonchev–Trinajstić information content (AvgIpc) is 1.97. The van der Waals surface area contributed by atoms with Crippen molar-refractivity contribution in [2.45, 2.75) is 0 Å². The van der Waals surface area contributed by atoms with E-state index < -0.39 is 30.4 Å². The van der Waals surface area contributed by atoms with Crippen molar-refractivity contribution in [2.75, 3.05) is 0 Å². The number of aromatic amines is 1. The van der Waals surface area contributed by atoms with Gasteiger partial charge in [-0.25, -0.2) is 4.79 Å². The number of aromatic nitrogens is 2. The van der Waals surface area contributed by atoms with E-state index in [1.54, 1.807) is 0 Å². The van der Waals surface area contributed by atoms with Crippen LogP contribution in [0.5, 0.6) is 0 Å². The molecule has 1 aromatic rings. The lowest BCUT2D eigenvalue weighted by atomic mass is 10.6. The summed E-state index contributed by atoms with van der Waals surface area (Å²) in [5.41, 5.74) is -1.66. The van der Waals surface area contributed by atoms with Gasteiger partial charge in [0.25, 0.3) is 0 Å². The van der Waals surface area contributed by atoms with Crippen molar-refractivity contribution in [1.82, 2.24) is 9.55 Å². The van der Waals surface area contributed by atoms with Gasteiger partial charge >= 0.3 is 5.69 Å². The Kier molecular flexibility index (Phi) is 0.447. The first-order chi connectivity index (χ1) is 6.25. The van der Waals surface area contributed by atoms with E-state index in [4.69, 9.17) is 12.3 Å². The fraction of sp³-hybridized carbons (Fsp3) is 0.200. The molecule has 9 heavy (non-hydrogen) atoms. The van der Waals surface area contributed by atoms with E-state index in [0.717, 1.165) is 0 Å². The van der Waals surface area contributed by atoms with Crippen LogP contribution in [0.15, 0.2) is 17.0 Å². The second-order valence-electron chi connectivity index (χ2n) is 1.38. The molecule has 0 fully saturated rings. The number of nitrogens with one attached hydrogen (secondary N) is 2. The van der Waals surface area contributed by atoms with Gasteiger partial charge in [0.05, 0.1) is 2.74 Å². The summed E-state index contributed by atoms with van der Waals surface area (Å²) in [6.45, 7) is -2.81. The first-order valence-electron chi connectivity index (χ1n) is 4.62. The molecule has 0 bridgehead atoms. The van der Waals surface area contributed by atoms with Crippen molar-refractivity contribution in [3.05, 3.63) is 28.2 Å². The van der Waals surface area contributed by atoms with Gasteiger partial charge in [-0.2, -0.15) is 0 Å². The third kappa shape index (κ3) is 1.07. The van der Waals surface area contributed by atoms with E-state index in [1.165, 1.54) is 0 Å². The second-order valence-corrected chi connectivity index (χ2v) is 1.38. The van der Waals surface area contributed by atoms with Crippen LogP contribution in [0.4, 0.5) is 0 Å². The molecule has 4 nitrogen and oxygen atoms in total. The summed E-state index contributed by atoms with van der Waals surface area (Å²) in [5, 5.41) is 7.04. The quantitative estimate of drug-likeness (QED) is 0.444. The zero-order chi connectivity index (χ0) is 11.1. The Morgan fingerprint density at radius 3 is 3.56 bits per heavy atom. The lowest BCUT2D eigenvalue weighted by molar-refractivity contribution is 0.787. The van der Waals surface area contributed by atoms with Crippen LogP contribution in [-0.2, 0) is 6.98 Å². The summed E-state index contributed by atoms with van der Waals surface area (Å²) in [5.74, 6) is 0. The standard InChI is InChI=1S/C5H7N3O/c1-8-3-2-4(6)7-5(8)9/h2-3H,1H3,(H2,6,7,9)/i1+1D3,2D,3D. The summed E-state index contributed by atoms with van der Waals surface area (Å²) in [7, 11) is 0. The average molecular weight is 131 g/mol. The summed E-state index contributed by atoms with van der Waals surface area (Å²) >= 11 is 0. The van der Waals surface area contributed by atoms with E-state index in [2.05, 4.69) is 0 Å². The highest BCUT2D eigenvalue weighted by atomic mass is 16.1. The Balaban J connectivity index is 3.70. The van der Waals surface area contributed by atoms with E-state index in [1.807, 2.05) is 4.98 Å². The topological polar surface area (TPSA) is 61.6 Å². The van der Waals surface area contributed by atoms with Crippen LogP contribution in [0, 0.1) is 5.41 Å². The molecule has 0 amide bonds. The minimum absolute atomic E-state index is 0.160. The van der Waals surface area contributed by atoms with Crippen molar-refractivity contribution in [3.8, 4) is 0 Å². The minimum Gasteiger partial charge on any atom is -0.304 e. The predicted molar refractivity (Wildman–Crippen MR) is 31.9 cm³/mol. The Labute approximate surface area is 58.3 Å². The molecule has 2 N–H and O–H groups in total. The summed E-state index contributed by atoms with van der Waals surface area (Å²) in [6, 6.07) is -0.624. The third-order valence-electron chi connectivity index (χ3n) is 0.728. The Hall–Kier alpha value is -1.32. The monoisotopic (exact) mass is 131 g/mol. The van der Waals surface area contributed by atoms with E-state index in [-0.39, 0.29) is 4.57 Å². The first-order valence-corrected chi connectivity index (χ1v) is 2.12. The number of hydrogen-bond acceptors (Lipinski definition) is 2. The van der Waals surface area contributed by atoms with E-state index in [0.29, 0.717) is 0 Å². The highest BCUT2D eigenvalue weighted by Gasteiger charge is 1.83. The van der Waals surface area contributed by atoms with Crippen LogP contribution >= 0.6 is 0 Å². The first kappa shape index (κ1) is 2.13. The second kappa shape index (κ2) is 1.89. The van der Waals surface area contributed by atoms with Crippen molar-refractivity contribution < 1.29 is 6.85 Å². The fourth-order valence-corrected chi connectivity index (χ4v) is 0.357. The predicted octanol–water partition coefficient (Wildman–Crippen LogP) is -0.807. The Morgan fingerprint density at radius 2 is 2.89 bits per heavy atom. The fourth-order valence-electron chi connectivity index (χ4n) is 0.357. The van der Waals surface area contributed by atoms with Crippen molar-refractivity contribution in [2.24, 2.45) is 6.98 Å². The summed E-state index contributed by atoms with van der Waals surface area (Å²) in [4.78, 5) is 12.9. The molecule has 48 valence electrons. The van der Waals surface area contributed by atoms with Gasteiger partial charge in [0.15, 0.2) is 0 Å². The molecule has 0 aliphatic carbocycles. The molecule has 0 atom stereocenters. The van der Waals surface area contributed by atoms with Gasteiger partial charge in [-0.05, 0) is 6.04 Å². The number of H-pyrrole nitrogens is 1. The molecule has 0 unspecified atom stereocenters. The van der Waals surface area contributed by atoms with E-state index in [9.17, 15) is 4.79 Å². The highest BCUT2D eigenvalue weighted by molar-refractivity contribution is 4.77. The van der Waals surface area contributed by atoms with Crippen LogP contribution in [0.3, 0.4) is 0 Å². The molecular formula is C5H7N3O. The zero-order valence-electron chi connectivity index (χ0n) is 9.36. The van der Waals surface area contributed by atoms with Crippen molar-refractivity contribution >= 4 is 0 Å². The molecule has 0 aliphatic rings. The molecule has 1 heterocycles. The van der Waals surface area contributed by atoms with Crippen molar-refractivity contribution in [1.29, 1.82) is 5.41 Å². The molecule has 0 aromatic carbocycles. The van der Waals surface area contributed by atoms with E-state index >= 15 is 0 Å². The minimum atomic E-state index is -2.81. The SMILES string of the molecule is [2H]c1c([2H])n([13C]([2H])([2H])[2H])c(=O)[nH]c1=N. The number of nitrogens with zero attached hydrogens (tertiary/aromatic N) is 1. The number of rotatable bonds is 0. The lowest BCUT2D eigenvalue weighted by Crippen LogP contribution is -2.26. The molecule has 0 aliphatic heterocycles. The van der Waals surface area contributed by atoms with Crippen LogP contribution in [0.25, 0.3) is 0 Å². The molecule has 4 heteroatoms. The maximum Gasteiger partial charge on any atom is 0.326 e. The van der Waals surface area contributed by atoms with Gasteiger partial charge in [-0.15, -0.1) is 0 Å². The van der Waals surface area contributed by atoms with Crippen LogP contribution in [-0.4, -0.2) is 9.55 Å². The Morgan fingerprint density at radius 1 is 2.11 bits per heavy atom. The smallest absolute Gasteiger partial charge is 0.304 e. The van der Waals surface area contributed by atoms with Gasteiger partial charge in [0, 0.05) is 17.3 Å². The maximum absolute atomic E-state index is 11.1. The van der Waals surface area contributed by atoms with Gasteiger partial charge < -0.3 is 4.57 Å². The summed E-state index contributed by atoms with van der Waals surface area (Å²) < 4.78 is 35.3. The Bertz CT molecular complexity index is 470. The third-order valence-corrected chi connectivity index (χ3v) is 0.728. The highest BCUT2D eigenvalue weighted by Crippen LogP contribution is 1.61. The number of hydrogen-bond donors (Lipinski definition) is 2. The molecule has 0 saturated carbocycles. The normalized spacial score (nSPS) is 18.9. The lowest BCUT2D eigenvalue weighted by Gasteiger charge is -1.90. The summed E-state index contributed by atoms with van der Waals surface area (Å²) in [6.07, 6.45) is -0.793. The van der Waals surface area contributed by atoms with Crippen LogP contribution < -0.4 is 11.2 Å². The molecule has 0 spiro atoms. The molecule has 1 rings (SSSR count). The molecular weight excluding hydrogens is 119 g/mol. The molecule has 0 saturated heterocycles. The van der Waals surface area contributed by atoms with Gasteiger partial charge in [-0.1, -0.05) is 0 Å². The van der Waals surface area contributed by atoms with Crippen LogP contribution in [0.2, 0.25) is 0 Å². The van der Waals surface area contributed by atoms with Gasteiger partial charge in [0.1, 0.15) is 5.49 Å². The van der Waals surface area contributed by atoms with Crippen molar-refractivity contribution in [3.63, 3.8) is 0 Å². The largest absolute Gasteiger partial charge is 0.326 e.